The summed E-state index contributed by atoms with van der Waals surface area (Å²) < 4.78 is 15.6. The van der Waals surface area contributed by atoms with Crippen molar-refractivity contribution >= 4 is 5.97 Å². The molecular formula is C11H22O4. The molecule has 0 aromatic carbocycles. The molecule has 4 nitrogen and oxygen atoms in total. The Bertz CT molecular complexity index is 151. The van der Waals surface area contributed by atoms with E-state index in [2.05, 4.69) is 0 Å². The van der Waals surface area contributed by atoms with Crippen LogP contribution in [0.2, 0.25) is 0 Å². The zero-order chi connectivity index (χ0) is 11.5. The number of hydrogen-bond acceptors (Lipinski definition) is 4. The van der Waals surface area contributed by atoms with Crippen LogP contribution in [-0.2, 0) is 19.0 Å². The third kappa shape index (κ3) is 8.39. The van der Waals surface area contributed by atoms with E-state index in [4.69, 9.17) is 14.2 Å². The van der Waals surface area contributed by atoms with Crippen LogP contribution in [0.4, 0.5) is 0 Å². The maximum Gasteiger partial charge on any atom is 0.310 e. The minimum Gasteiger partial charge on any atom is -0.466 e. The van der Waals surface area contributed by atoms with Gasteiger partial charge in [0.2, 0.25) is 0 Å². The zero-order valence-electron chi connectivity index (χ0n) is 9.95. The van der Waals surface area contributed by atoms with Gasteiger partial charge in [-0.05, 0) is 19.8 Å². The van der Waals surface area contributed by atoms with Crippen molar-refractivity contribution in [2.75, 3.05) is 19.8 Å². The number of ether oxygens (including phenoxy) is 3. The van der Waals surface area contributed by atoms with E-state index in [9.17, 15) is 4.79 Å². The molecule has 0 aliphatic heterocycles. The fourth-order valence-electron chi connectivity index (χ4n) is 1.02. The molecule has 0 heterocycles. The number of carbonyl (C=O) groups is 1. The Morgan fingerprint density at radius 2 is 1.60 bits per heavy atom. The molecule has 0 spiro atoms. The summed E-state index contributed by atoms with van der Waals surface area (Å²) in [5.74, 6) is -0.269. The molecule has 0 unspecified atom stereocenters. The molecule has 15 heavy (non-hydrogen) atoms. The van der Waals surface area contributed by atoms with E-state index in [1.807, 2.05) is 13.8 Å². The molecule has 0 saturated heterocycles. The standard InChI is InChI=1S/C11H22O4/c1-4-7-14-11(15-8-5-2)9-10(12)13-6-3/h11H,4-9H2,1-3H3. The summed E-state index contributed by atoms with van der Waals surface area (Å²) in [4.78, 5) is 11.2. The molecule has 0 atom stereocenters. The molecule has 0 bridgehead atoms. The monoisotopic (exact) mass is 218 g/mol. The molecule has 0 aromatic rings. The summed E-state index contributed by atoms with van der Waals surface area (Å²) in [7, 11) is 0. The average Bonchev–Trinajstić information content (AvgIpc) is 2.22. The Hall–Kier alpha value is -0.610. The number of rotatable bonds is 9. The summed E-state index contributed by atoms with van der Waals surface area (Å²) >= 11 is 0. The van der Waals surface area contributed by atoms with Gasteiger partial charge in [0.1, 0.15) is 0 Å². The van der Waals surface area contributed by atoms with Crippen LogP contribution in [0.15, 0.2) is 0 Å². The summed E-state index contributed by atoms with van der Waals surface area (Å²) in [5, 5.41) is 0. The molecule has 0 rings (SSSR count). The lowest BCUT2D eigenvalue weighted by atomic mass is 10.4. The highest BCUT2D eigenvalue weighted by molar-refractivity contribution is 5.69. The second-order valence-electron chi connectivity index (χ2n) is 3.18. The van der Waals surface area contributed by atoms with E-state index in [0.717, 1.165) is 12.8 Å². The molecule has 90 valence electrons. The van der Waals surface area contributed by atoms with Crippen LogP contribution in [0.1, 0.15) is 40.0 Å². The molecule has 0 fully saturated rings. The van der Waals surface area contributed by atoms with Crippen molar-refractivity contribution in [1.29, 1.82) is 0 Å². The predicted molar refractivity (Wildman–Crippen MR) is 57.5 cm³/mol. The van der Waals surface area contributed by atoms with Crippen LogP contribution in [0.3, 0.4) is 0 Å². The fourth-order valence-corrected chi connectivity index (χ4v) is 1.02. The van der Waals surface area contributed by atoms with Gasteiger partial charge in [-0.3, -0.25) is 4.79 Å². The van der Waals surface area contributed by atoms with Gasteiger partial charge < -0.3 is 14.2 Å². The quantitative estimate of drug-likeness (QED) is 0.439. The topological polar surface area (TPSA) is 44.8 Å². The van der Waals surface area contributed by atoms with E-state index in [0.29, 0.717) is 19.8 Å². The first-order valence-electron chi connectivity index (χ1n) is 5.63. The van der Waals surface area contributed by atoms with Gasteiger partial charge in [-0.15, -0.1) is 0 Å². The maximum atomic E-state index is 11.2. The number of hydrogen-bond donors (Lipinski definition) is 0. The largest absolute Gasteiger partial charge is 0.466 e. The van der Waals surface area contributed by atoms with Crippen molar-refractivity contribution in [3.63, 3.8) is 0 Å². The van der Waals surface area contributed by atoms with Crippen LogP contribution in [0.5, 0.6) is 0 Å². The molecular weight excluding hydrogens is 196 g/mol. The second kappa shape index (κ2) is 9.93. The minimum absolute atomic E-state index is 0.174. The highest BCUT2D eigenvalue weighted by atomic mass is 16.7. The van der Waals surface area contributed by atoms with Crippen LogP contribution in [-0.4, -0.2) is 32.1 Å². The van der Waals surface area contributed by atoms with E-state index >= 15 is 0 Å². The minimum atomic E-state index is -0.455. The molecule has 0 N–H and O–H groups in total. The van der Waals surface area contributed by atoms with Gasteiger partial charge in [-0.1, -0.05) is 13.8 Å². The highest BCUT2D eigenvalue weighted by Gasteiger charge is 2.15. The van der Waals surface area contributed by atoms with Crippen LogP contribution in [0.25, 0.3) is 0 Å². The van der Waals surface area contributed by atoms with Gasteiger partial charge in [0, 0.05) is 13.2 Å². The molecule has 0 amide bonds. The van der Waals surface area contributed by atoms with Crippen molar-refractivity contribution in [3.8, 4) is 0 Å². The number of carbonyl (C=O) groups excluding carboxylic acids is 1. The fraction of sp³-hybridized carbons (Fsp3) is 0.909. The molecule has 0 aliphatic rings. The van der Waals surface area contributed by atoms with Gasteiger partial charge in [0.25, 0.3) is 0 Å². The smallest absolute Gasteiger partial charge is 0.310 e. The van der Waals surface area contributed by atoms with E-state index < -0.39 is 6.29 Å². The maximum absolute atomic E-state index is 11.2. The average molecular weight is 218 g/mol. The molecule has 0 radical (unpaired) electrons. The van der Waals surface area contributed by atoms with Crippen molar-refractivity contribution in [2.24, 2.45) is 0 Å². The second-order valence-corrected chi connectivity index (χ2v) is 3.18. The number of esters is 1. The zero-order valence-corrected chi connectivity index (χ0v) is 9.95. The van der Waals surface area contributed by atoms with Crippen molar-refractivity contribution in [3.05, 3.63) is 0 Å². The third-order valence-electron chi connectivity index (χ3n) is 1.65. The SMILES string of the molecule is CCCOC(CC(=O)OCC)OCCC. The Balaban J connectivity index is 3.82. The third-order valence-corrected chi connectivity index (χ3v) is 1.65. The van der Waals surface area contributed by atoms with Gasteiger partial charge >= 0.3 is 5.97 Å². The van der Waals surface area contributed by atoms with Crippen molar-refractivity contribution in [1.82, 2.24) is 0 Å². The Labute approximate surface area is 91.9 Å². The van der Waals surface area contributed by atoms with E-state index in [-0.39, 0.29) is 12.4 Å². The first-order valence-corrected chi connectivity index (χ1v) is 5.63. The van der Waals surface area contributed by atoms with Crippen molar-refractivity contribution in [2.45, 2.75) is 46.3 Å². The van der Waals surface area contributed by atoms with Crippen molar-refractivity contribution < 1.29 is 19.0 Å². The first kappa shape index (κ1) is 14.4. The lowest BCUT2D eigenvalue weighted by Crippen LogP contribution is -2.23. The Kier molecular flexibility index (Phi) is 9.52. The van der Waals surface area contributed by atoms with Gasteiger partial charge in [0.05, 0.1) is 13.0 Å². The predicted octanol–water partition coefficient (Wildman–Crippen LogP) is 2.12. The molecule has 0 aliphatic carbocycles. The van der Waals surface area contributed by atoms with E-state index in [1.165, 1.54) is 0 Å². The Morgan fingerprint density at radius 1 is 1.07 bits per heavy atom. The van der Waals surface area contributed by atoms with Crippen LogP contribution < -0.4 is 0 Å². The lowest BCUT2D eigenvalue weighted by molar-refractivity contribution is -0.170. The van der Waals surface area contributed by atoms with Gasteiger partial charge in [-0.2, -0.15) is 0 Å². The highest BCUT2D eigenvalue weighted by Crippen LogP contribution is 2.04. The summed E-state index contributed by atoms with van der Waals surface area (Å²) in [6, 6.07) is 0. The van der Waals surface area contributed by atoms with E-state index in [1.54, 1.807) is 6.92 Å². The summed E-state index contributed by atoms with van der Waals surface area (Å²) in [6.07, 6.45) is 1.54. The summed E-state index contributed by atoms with van der Waals surface area (Å²) in [5.41, 5.74) is 0. The lowest BCUT2D eigenvalue weighted by Gasteiger charge is -2.17. The van der Waals surface area contributed by atoms with Crippen LogP contribution >= 0.6 is 0 Å². The van der Waals surface area contributed by atoms with Crippen LogP contribution in [0, 0.1) is 0 Å². The molecule has 0 aromatic heterocycles. The first-order chi connectivity index (χ1) is 7.24. The van der Waals surface area contributed by atoms with Gasteiger partial charge in [-0.25, -0.2) is 0 Å². The molecule has 4 heteroatoms. The summed E-state index contributed by atoms with van der Waals surface area (Å²) in [6.45, 7) is 7.42. The molecule has 0 saturated carbocycles. The normalized spacial score (nSPS) is 10.7. The Morgan fingerprint density at radius 3 is 2.00 bits per heavy atom. The van der Waals surface area contributed by atoms with Gasteiger partial charge in [0.15, 0.2) is 6.29 Å².